The molecule has 0 radical (unpaired) electrons. The Bertz CT molecular complexity index is 895. The molecule has 1 aliphatic heterocycles. The van der Waals surface area contributed by atoms with Crippen LogP contribution in [0.15, 0.2) is 48.5 Å². The molecule has 1 heterocycles. The first-order valence-corrected chi connectivity index (χ1v) is 10.8. The Labute approximate surface area is 184 Å². The zero-order valence-electron chi connectivity index (χ0n) is 18.8. The van der Waals surface area contributed by atoms with Crippen LogP contribution in [-0.2, 0) is 9.59 Å². The van der Waals surface area contributed by atoms with Crippen molar-refractivity contribution in [2.45, 2.75) is 39.2 Å². The summed E-state index contributed by atoms with van der Waals surface area (Å²) in [5.41, 5.74) is 1.57. The van der Waals surface area contributed by atoms with Gasteiger partial charge in [-0.1, -0.05) is 32.0 Å². The van der Waals surface area contributed by atoms with Crippen molar-refractivity contribution in [3.8, 4) is 11.5 Å². The Kier molecular flexibility index (Phi) is 7.55. The molecule has 1 N–H and O–H groups in total. The zero-order chi connectivity index (χ0) is 22.4. The van der Waals surface area contributed by atoms with Gasteiger partial charge in [-0.05, 0) is 49.1 Å². The van der Waals surface area contributed by atoms with Crippen LogP contribution >= 0.6 is 0 Å². The van der Waals surface area contributed by atoms with Crippen molar-refractivity contribution in [3.63, 3.8) is 0 Å². The van der Waals surface area contributed by atoms with Gasteiger partial charge in [0.1, 0.15) is 11.5 Å². The van der Waals surface area contributed by atoms with Gasteiger partial charge in [-0.3, -0.25) is 9.59 Å². The number of carbonyl (C=O) groups excluding carboxylic acids is 2. The molecule has 1 fully saturated rings. The molecule has 166 valence electrons. The number of benzene rings is 2. The topological polar surface area (TPSA) is 67.9 Å². The maximum Gasteiger partial charge on any atom is 0.227 e. The normalized spacial score (nSPS) is 18.7. The lowest BCUT2D eigenvalue weighted by molar-refractivity contribution is -0.129. The first-order valence-electron chi connectivity index (χ1n) is 10.8. The minimum absolute atomic E-state index is 0.00713. The van der Waals surface area contributed by atoms with Crippen molar-refractivity contribution in [1.29, 1.82) is 0 Å². The molecule has 2 atom stereocenters. The molecule has 0 bridgehead atoms. The summed E-state index contributed by atoms with van der Waals surface area (Å²) in [6.45, 7) is 4.89. The molecule has 0 spiro atoms. The van der Waals surface area contributed by atoms with Crippen LogP contribution in [0.3, 0.4) is 0 Å². The van der Waals surface area contributed by atoms with Crippen molar-refractivity contribution in [2.24, 2.45) is 11.8 Å². The molecule has 1 aliphatic rings. The number of hydrogen-bond acceptors (Lipinski definition) is 4. The molecule has 0 aromatic heterocycles. The van der Waals surface area contributed by atoms with E-state index in [0.717, 1.165) is 17.7 Å². The summed E-state index contributed by atoms with van der Waals surface area (Å²) in [5, 5.41) is 3.09. The quantitative estimate of drug-likeness (QED) is 0.684. The molecule has 2 amide bonds. The van der Waals surface area contributed by atoms with Crippen LogP contribution in [0.4, 0.5) is 5.69 Å². The molecule has 2 aromatic carbocycles. The van der Waals surface area contributed by atoms with Crippen LogP contribution in [0.1, 0.15) is 44.7 Å². The van der Waals surface area contributed by atoms with Gasteiger partial charge in [0.15, 0.2) is 0 Å². The maximum absolute atomic E-state index is 13.2. The predicted octanol–water partition coefficient (Wildman–Crippen LogP) is 4.35. The highest BCUT2D eigenvalue weighted by atomic mass is 16.5. The Balaban J connectivity index is 2.01. The Morgan fingerprint density at radius 2 is 1.81 bits per heavy atom. The molecular weight excluding hydrogens is 392 g/mol. The first-order chi connectivity index (χ1) is 15.0. The standard InChI is InChI=1S/C25H32N2O4/c1-17(2)15-16-26-25(29)21-13-14-23(28)27(18-9-11-19(30-3)12-10-18)24(21)20-7-5-6-8-22(20)31-4/h5-12,17,21,24H,13-16H2,1-4H3,(H,26,29)/t21-,24+/m0/s1. The Hall–Kier alpha value is -3.02. The van der Waals surface area contributed by atoms with Crippen LogP contribution in [0.2, 0.25) is 0 Å². The third kappa shape index (κ3) is 5.19. The van der Waals surface area contributed by atoms with Crippen molar-refractivity contribution in [3.05, 3.63) is 54.1 Å². The van der Waals surface area contributed by atoms with Crippen LogP contribution in [0.25, 0.3) is 0 Å². The number of ether oxygens (including phenoxy) is 2. The van der Waals surface area contributed by atoms with Gasteiger partial charge in [-0.15, -0.1) is 0 Å². The summed E-state index contributed by atoms with van der Waals surface area (Å²) < 4.78 is 10.9. The summed E-state index contributed by atoms with van der Waals surface area (Å²) in [6, 6.07) is 14.5. The smallest absolute Gasteiger partial charge is 0.227 e. The van der Waals surface area contributed by atoms with E-state index in [9.17, 15) is 9.59 Å². The molecule has 6 heteroatoms. The summed E-state index contributed by atoms with van der Waals surface area (Å²) in [5.74, 6) is 1.48. The van der Waals surface area contributed by atoms with E-state index >= 15 is 0 Å². The third-order valence-corrected chi connectivity index (χ3v) is 5.76. The number of nitrogens with zero attached hydrogens (tertiary/aromatic N) is 1. The minimum Gasteiger partial charge on any atom is -0.497 e. The highest BCUT2D eigenvalue weighted by Crippen LogP contribution is 2.43. The van der Waals surface area contributed by atoms with Gasteiger partial charge in [0.2, 0.25) is 11.8 Å². The van der Waals surface area contributed by atoms with E-state index in [4.69, 9.17) is 9.47 Å². The van der Waals surface area contributed by atoms with Crippen molar-refractivity contribution in [1.82, 2.24) is 5.32 Å². The molecule has 0 aliphatic carbocycles. The number of nitrogens with one attached hydrogen (secondary N) is 1. The maximum atomic E-state index is 13.2. The number of rotatable bonds is 8. The SMILES string of the molecule is COc1ccc(N2C(=O)CC[C@H](C(=O)NCCC(C)C)[C@H]2c2ccccc2OC)cc1. The van der Waals surface area contributed by atoms with Gasteiger partial charge < -0.3 is 19.7 Å². The number of para-hydroxylation sites is 1. The van der Waals surface area contributed by atoms with Gasteiger partial charge in [-0.25, -0.2) is 0 Å². The molecule has 2 aromatic rings. The summed E-state index contributed by atoms with van der Waals surface area (Å²) >= 11 is 0. The molecule has 31 heavy (non-hydrogen) atoms. The van der Waals surface area contributed by atoms with Crippen LogP contribution in [0, 0.1) is 11.8 Å². The van der Waals surface area contributed by atoms with Gasteiger partial charge in [0.05, 0.1) is 26.2 Å². The van der Waals surface area contributed by atoms with E-state index in [-0.39, 0.29) is 17.7 Å². The molecule has 0 saturated carbocycles. The van der Waals surface area contributed by atoms with E-state index in [1.807, 2.05) is 48.5 Å². The van der Waals surface area contributed by atoms with Crippen molar-refractivity contribution < 1.29 is 19.1 Å². The van der Waals surface area contributed by atoms with E-state index in [0.29, 0.717) is 36.8 Å². The highest BCUT2D eigenvalue weighted by molar-refractivity contribution is 5.97. The Morgan fingerprint density at radius 3 is 2.45 bits per heavy atom. The third-order valence-electron chi connectivity index (χ3n) is 5.76. The zero-order valence-corrected chi connectivity index (χ0v) is 18.8. The number of hydrogen-bond donors (Lipinski definition) is 1. The lowest BCUT2D eigenvalue weighted by atomic mass is 9.82. The average molecular weight is 425 g/mol. The van der Waals surface area contributed by atoms with E-state index in [1.165, 1.54) is 0 Å². The minimum atomic E-state index is -0.454. The van der Waals surface area contributed by atoms with Crippen LogP contribution in [-0.4, -0.2) is 32.6 Å². The van der Waals surface area contributed by atoms with Gasteiger partial charge in [0.25, 0.3) is 0 Å². The molecular formula is C25H32N2O4. The number of methoxy groups -OCH3 is 2. The van der Waals surface area contributed by atoms with Crippen LogP contribution in [0.5, 0.6) is 11.5 Å². The second kappa shape index (κ2) is 10.3. The number of anilines is 1. The second-order valence-electron chi connectivity index (χ2n) is 8.27. The fourth-order valence-corrected chi connectivity index (χ4v) is 4.10. The fraction of sp³-hybridized carbons (Fsp3) is 0.440. The molecule has 3 rings (SSSR count). The molecule has 1 saturated heterocycles. The number of piperidine rings is 1. The summed E-state index contributed by atoms with van der Waals surface area (Å²) in [4.78, 5) is 28.1. The molecule has 0 unspecified atom stereocenters. The van der Waals surface area contributed by atoms with Gasteiger partial charge in [0, 0.05) is 24.2 Å². The lowest BCUT2D eigenvalue weighted by Gasteiger charge is -2.41. The largest absolute Gasteiger partial charge is 0.497 e. The van der Waals surface area contributed by atoms with E-state index in [2.05, 4.69) is 19.2 Å². The summed E-state index contributed by atoms with van der Waals surface area (Å²) in [6.07, 6.45) is 1.74. The van der Waals surface area contributed by atoms with Crippen molar-refractivity contribution >= 4 is 17.5 Å². The van der Waals surface area contributed by atoms with Gasteiger partial charge in [-0.2, -0.15) is 0 Å². The first kappa shape index (κ1) is 22.7. The lowest BCUT2D eigenvalue weighted by Crippen LogP contribution is -2.48. The predicted molar refractivity (Wildman–Crippen MR) is 121 cm³/mol. The monoisotopic (exact) mass is 424 g/mol. The Morgan fingerprint density at radius 1 is 1.10 bits per heavy atom. The van der Waals surface area contributed by atoms with Crippen LogP contribution < -0.4 is 19.7 Å². The average Bonchev–Trinajstić information content (AvgIpc) is 2.78. The number of amides is 2. The number of carbonyl (C=O) groups is 2. The summed E-state index contributed by atoms with van der Waals surface area (Å²) in [7, 11) is 3.22. The fourth-order valence-electron chi connectivity index (χ4n) is 4.10. The van der Waals surface area contributed by atoms with Crippen molar-refractivity contribution in [2.75, 3.05) is 25.7 Å². The van der Waals surface area contributed by atoms with Gasteiger partial charge >= 0.3 is 0 Å². The highest BCUT2D eigenvalue weighted by Gasteiger charge is 2.42. The second-order valence-corrected chi connectivity index (χ2v) is 8.27. The van der Waals surface area contributed by atoms with E-state index < -0.39 is 6.04 Å². The molecule has 6 nitrogen and oxygen atoms in total. The van der Waals surface area contributed by atoms with E-state index in [1.54, 1.807) is 19.1 Å².